The zero-order valence-corrected chi connectivity index (χ0v) is 7.86. The van der Waals surface area contributed by atoms with Gasteiger partial charge >= 0.3 is 6.18 Å². The lowest BCUT2D eigenvalue weighted by Gasteiger charge is -2.28. The average molecular weight is 232 g/mol. The summed E-state index contributed by atoms with van der Waals surface area (Å²) in [5, 5.41) is 9.82. The minimum absolute atomic E-state index is 0.388. The molecule has 0 aliphatic rings. The number of aliphatic hydroxyl groups is 1. The molecule has 2 aromatic heterocycles. The van der Waals surface area contributed by atoms with Crippen molar-refractivity contribution in [2.75, 3.05) is 0 Å². The van der Waals surface area contributed by atoms with Crippen molar-refractivity contribution >= 4 is 0 Å². The second kappa shape index (κ2) is 3.41. The first-order chi connectivity index (χ1) is 7.46. The molecule has 6 heteroatoms. The highest BCUT2D eigenvalue weighted by Crippen LogP contribution is 2.44. The van der Waals surface area contributed by atoms with Gasteiger partial charge in [-0.2, -0.15) is 13.2 Å². The van der Waals surface area contributed by atoms with Gasteiger partial charge in [-0.05, 0) is 12.1 Å². The number of hydrogen-bond acceptors (Lipinski definition) is 3. The topological polar surface area (TPSA) is 46.5 Å². The monoisotopic (exact) mass is 232 g/mol. The van der Waals surface area contributed by atoms with E-state index >= 15 is 0 Å². The van der Waals surface area contributed by atoms with Crippen LogP contribution in [0.15, 0.2) is 46.0 Å². The fourth-order valence-electron chi connectivity index (χ4n) is 1.43. The van der Waals surface area contributed by atoms with Crippen molar-refractivity contribution in [2.45, 2.75) is 11.8 Å². The van der Waals surface area contributed by atoms with Gasteiger partial charge in [0.25, 0.3) is 0 Å². The zero-order valence-electron chi connectivity index (χ0n) is 7.86. The fraction of sp³-hybridized carbons (Fsp3) is 0.200. The number of alkyl halides is 3. The summed E-state index contributed by atoms with van der Waals surface area (Å²) in [6.07, 6.45) is -1.04. The van der Waals surface area contributed by atoms with Gasteiger partial charge < -0.3 is 13.9 Å². The molecule has 0 aliphatic heterocycles. The highest BCUT2D eigenvalue weighted by molar-refractivity contribution is 5.33. The maximum absolute atomic E-state index is 12.9. The van der Waals surface area contributed by atoms with Gasteiger partial charge in [0.15, 0.2) is 0 Å². The zero-order chi connectivity index (χ0) is 11.8. The molecule has 0 saturated carbocycles. The van der Waals surface area contributed by atoms with Crippen LogP contribution >= 0.6 is 0 Å². The Morgan fingerprint density at radius 1 is 0.938 bits per heavy atom. The van der Waals surface area contributed by atoms with Crippen LogP contribution in [0.1, 0.15) is 11.1 Å². The van der Waals surface area contributed by atoms with Gasteiger partial charge in [0, 0.05) is 11.1 Å². The molecule has 2 aromatic rings. The van der Waals surface area contributed by atoms with Crippen molar-refractivity contribution in [1.29, 1.82) is 0 Å². The van der Waals surface area contributed by atoms with Gasteiger partial charge in [-0.15, -0.1) is 0 Å². The Balaban J connectivity index is 2.59. The average Bonchev–Trinajstić information content (AvgIpc) is 2.88. The summed E-state index contributed by atoms with van der Waals surface area (Å²) >= 11 is 0. The van der Waals surface area contributed by atoms with Gasteiger partial charge in [-0.3, -0.25) is 0 Å². The Bertz CT molecular complexity index is 408. The Hall–Kier alpha value is -1.69. The first kappa shape index (κ1) is 10.8. The molecule has 0 atom stereocenters. The second-order valence-corrected chi connectivity index (χ2v) is 3.23. The maximum Gasteiger partial charge on any atom is 0.426 e. The molecule has 0 amide bonds. The summed E-state index contributed by atoms with van der Waals surface area (Å²) in [5.41, 5.74) is -3.88. The van der Waals surface area contributed by atoms with Crippen LogP contribution in [-0.4, -0.2) is 11.3 Å². The molecule has 0 aliphatic carbocycles. The third kappa shape index (κ3) is 1.42. The van der Waals surface area contributed by atoms with Crippen molar-refractivity contribution in [1.82, 2.24) is 0 Å². The summed E-state index contributed by atoms with van der Waals surface area (Å²) in [4.78, 5) is 0. The molecule has 0 radical (unpaired) electrons. The standard InChI is InChI=1S/C10H7F3O3/c11-10(12,13)9(14,7-1-3-15-5-7)8-2-4-16-6-8/h1-6,14H. The third-order valence-electron chi connectivity index (χ3n) is 2.29. The lowest BCUT2D eigenvalue weighted by molar-refractivity contribution is -0.248. The SMILES string of the molecule is OC(c1ccoc1)(c1ccoc1)C(F)(F)F. The van der Waals surface area contributed by atoms with Crippen LogP contribution in [0.25, 0.3) is 0 Å². The van der Waals surface area contributed by atoms with Crippen molar-refractivity contribution in [2.24, 2.45) is 0 Å². The molecule has 2 rings (SSSR count). The summed E-state index contributed by atoms with van der Waals surface area (Å²) in [6, 6.07) is 2.11. The summed E-state index contributed by atoms with van der Waals surface area (Å²) in [6.45, 7) is 0. The Morgan fingerprint density at radius 3 is 1.62 bits per heavy atom. The summed E-state index contributed by atoms with van der Waals surface area (Å²) in [5.74, 6) is 0. The quantitative estimate of drug-likeness (QED) is 0.865. The van der Waals surface area contributed by atoms with Gasteiger partial charge in [-0.1, -0.05) is 0 Å². The van der Waals surface area contributed by atoms with Crippen LogP contribution < -0.4 is 0 Å². The summed E-state index contributed by atoms with van der Waals surface area (Å²) in [7, 11) is 0. The van der Waals surface area contributed by atoms with Crippen molar-refractivity contribution in [3.63, 3.8) is 0 Å². The van der Waals surface area contributed by atoms with E-state index in [1.165, 1.54) is 0 Å². The lowest BCUT2D eigenvalue weighted by atomic mass is 9.89. The van der Waals surface area contributed by atoms with E-state index in [0.29, 0.717) is 0 Å². The second-order valence-electron chi connectivity index (χ2n) is 3.23. The highest BCUT2D eigenvalue weighted by atomic mass is 19.4. The lowest BCUT2D eigenvalue weighted by Crippen LogP contribution is -2.42. The summed E-state index contributed by atoms with van der Waals surface area (Å²) < 4.78 is 47.8. The van der Waals surface area contributed by atoms with E-state index in [-0.39, 0.29) is 11.1 Å². The minimum Gasteiger partial charge on any atom is -0.472 e. The van der Waals surface area contributed by atoms with E-state index < -0.39 is 11.8 Å². The van der Waals surface area contributed by atoms with E-state index in [4.69, 9.17) is 0 Å². The van der Waals surface area contributed by atoms with Crippen LogP contribution in [0, 0.1) is 0 Å². The minimum atomic E-state index is -4.86. The van der Waals surface area contributed by atoms with E-state index in [1.807, 2.05) is 0 Å². The molecule has 86 valence electrons. The van der Waals surface area contributed by atoms with E-state index in [1.54, 1.807) is 0 Å². The highest BCUT2D eigenvalue weighted by Gasteiger charge is 2.57. The predicted octanol–water partition coefficient (Wildman–Crippen LogP) is 2.67. The Labute approximate surface area is 88.1 Å². The number of furan rings is 2. The fourth-order valence-corrected chi connectivity index (χ4v) is 1.43. The molecule has 2 heterocycles. The molecule has 0 spiro atoms. The molecule has 0 bridgehead atoms. The van der Waals surface area contributed by atoms with Gasteiger partial charge in [0.2, 0.25) is 5.60 Å². The molecular weight excluding hydrogens is 225 g/mol. The molecule has 0 saturated heterocycles. The molecule has 3 nitrogen and oxygen atoms in total. The van der Waals surface area contributed by atoms with Gasteiger partial charge in [0.05, 0.1) is 25.1 Å². The molecular formula is C10H7F3O3. The van der Waals surface area contributed by atoms with Crippen LogP contribution in [-0.2, 0) is 5.60 Å². The molecule has 0 unspecified atom stereocenters. The molecule has 16 heavy (non-hydrogen) atoms. The molecule has 1 N–H and O–H groups in total. The van der Waals surface area contributed by atoms with Crippen molar-refractivity contribution in [3.8, 4) is 0 Å². The largest absolute Gasteiger partial charge is 0.472 e. The maximum atomic E-state index is 12.9. The van der Waals surface area contributed by atoms with Gasteiger partial charge in [-0.25, -0.2) is 0 Å². The number of halogens is 3. The van der Waals surface area contributed by atoms with Crippen LogP contribution in [0.4, 0.5) is 13.2 Å². The van der Waals surface area contributed by atoms with E-state index in [9.17, 15) is 18.3 Å². The predicted molar refractivity (Wildman–Crippen MR) is 46.5 cm³/mol. The van der Waals surface area contributed by atoms with Gasteiger partial charge in [0.1, 0.15) is 0 Å². The number of rotatable bonds is 2. The van der Waals surface area contributed by atoms with Crippen LogP contribution in [0.2, 0.25) is 0 Å². The first-order valence-corrected chi connectivity index (χ1v) is 4.30. The van der Waals surface area contributed by atoms with Crippen molar-refractivity contribution in [3.05, 3.63) is 48.3 Å². The molecule has 0 fully saturated rings. The first-order valence-electron chi connectivity index (χ1n) is 4.30. The van der Waals surface area contributed by atoms with E-state index in [0.717, 1.165) is 37.2 Å². The normalized spacial score (nSPS) is 13.0. The third-order valence-corrected chi connectivity index (χ3v) is 2.29. The molecule has 0 aromatic carbocycles. The van der Waals surface area contributed by atoms with E-state index in [2.05, 4.69) is 8.83 Å². The van der Waals surface area contributed by atoms with Crippen LogP contribution in [0.5, 0.6) is 0 Å². The van der Waals surface area contributed by atoms with Crippen LogP contribution in [0.3, 0.4) is 0 Å². The smallest absolute Gasteiger partial charge is 0.426 e. The van der Waals surface area contributed by atoms with Crippen molar-refractivity contribution < 1.29 is 27.1 Å². The Kier molecular flexibility index (Phi) is 2.31. The Morgan fingerprint density at radius 2 is 1.38 bits per heavy atom. The number of hydrogen-bond donors (Lipinski definition) is 1.